The highest BCUT2D eigenvalue weighted by atomic mass is 19.4. The van der Waals surface area contributed by atoms with Crippen molar-refractivity contribution in [2.45, 2.75) is 32.2 Å². The maximum absolute atomic E-state index is 12.2. The first-order valence-electron chi connectivity index (χ1n) is 4.32. The molecule has 3 nitrogen and oxygen atoms in total. The molecule has 6 heteroatoms. The summed E-state index contributed by atoms with van der Waals surface area (Å²) in [6.45, 7) is 2.79. The highest BCUT2D eigenvalue weighted by Gasteiger charge is 2.46. The Bertz CT molecular complexity index is 227. The first-order chi connectivity index (χ1) is 6.32. The number of nitrogens with one attached hydrogen (secondary N) is 1. The maximum Gasteiger partial charge on any atom is 0.416 e. The van der Waals surface area contributed by atoms with Gasteiger partial charge in [-0.15, -0.1) is 0 Å². The van der Waals surface area contributed by atoms with Crippen LogP contribution in [0.2, 0.25) is 0 Å². The lowest BCUT2D eigenvalue weighted by Crippen LogP contribution is -2.55. The normalized spacial score (nSPS) is 29.1. The molecule has 0 aromatic heterocycles. The minimum Gasteiger partial charge on any atom is -0.354 e. The average Bonchev–Trinajstić information content (AvgIpc) is 2.02. The van der Waals surface area contributed by atoms with Crippen molar-refractivity contribution < 1.29 is 22.7 Å². The molecule has 0 aromatic carbocycles. The third-order valence-corrected chi connectivity index (χ3v) is 2.00. The summed E-state index contributed by atoms with van der Waals surface area (Å²) in [5.41, 5.74) is 0. The van der Waals surface area contributed by atoms with E-state index in [-0.39, 0.29) is 5.92 Å². The van der Waals surface area contributed by atoms with E-state index in [1.165, 1.54) is 0 Å². The summed E-state index contributed by atoms with van der Waals surface area (Å²) in [5, 5.41) is 2.19. The Labute approximate surface area is 79.6 Å². The van der Waals surface area contributed by atoms with Crippen LogP contribution in [0.4, 0.5) is 13.2 Å². The highest BCUT2D eigenvalue weighted by Crippen LogP contribution is 2.27. The van der Waals surface area contributed by atoms with Gasteiger partial charge in [0.2, 0.25) is 5.91 Å². The summed E-state index contributed by atoms with van der Waals surface area (Å²) in [4.78, 5) is 11.1. The number of rotatable bonds is 1. The van der Waals surface area contributed by atoms with Crippen LogP contribution < -0.4 is 5.32 Å². The molecule has 0 saturated carbocycles. The Morgan fingerprint density at radius 2 is 2.07 bits per heavy atom. The van der Waals surface area contributed by atoms with Gasteiger partial charge in [-0.05, 0) is 5.92 Å². The van der Waals surface area contributed by atoms with Crippen molar-refractivity contribution in [3.63, 3.8) is 0 Å². The molecule has 0 unspecified atom stereocenters. The van der Waals surface area contributed by atoms with Gasteiger partial charge >= 0.3 is 6.18 Å². The summed E-state index contributed by atoms with van der Waals surface area (Å²) < 4.78 is 41.4. The Kier molecular flexibility index (Phi) is 3.04. The molecule has 1 aliphatic heterocycles. The molecule has 0 spiro atoms. The lowest BCUT2D eigenvalue weighted by atomic mass is 10.0. The number of hydrogen-bond acceptors (Lipinski definition) is 2. The second-order valence-electron chi connectivity index (χ2n) is 3.58. The number of ether oxygens (including phenoxy) is 1. The third-order valence-electron chi connectivity index (χ3n) is 2.00. The number of halogens is 3. The molecule has 2 atom stereocenters. The summed E-state index contributed by atoms with van der Waals surface area (Å²) in [6.07, 6.45) is -7.30. The molecule has 82 valence electrons. The topological polar surface area (TPSA) is 38.3 Å². The van der Waals surface area contributed by atoms with Gasteiger partial charge in [0, 0.05) is 0 Å². The van der Waals surface area contributed by atoms with Crippen molar-refractivity contribution in [2.75, 3.05) is 6.54 Å². The van der Waals surface area contributed by atoms with Crippen molar-refractivity contribution in [3.05, 3.63) is 0 Å². The van der Waals surface area contributed by atoms with E-state index < -0.39 is 30.8 Å². The smallest absolute Gasteiger partial charge is 0.354 e. The van der Waals surface area contributed by atoms with Crippen molar-refractivity contribution in [1.29, 1.82) is 0 Å². The van der Waals surface area contributed by atoms with Gasteiger partial charge in [0.05, 0.1) is 6.54 Å². The second-order valence-corrected chi connectivity index (χ2v) is 3.58. The van der Waals surface area contributed by atoms with Crippen LogP contribution in [-0.2, 0) is 9.53 Å². The van der Waals surface area contributed by atoms with E-state index >= 15 is 0 Å². The number of amides is 1. The maximum atomic E-state index is 12.2. The van der Waals surface area contributed by atoms with Crippen LogP contribution in [0.5, 0.6) is 0 Å². The van der Waals surface area contributed by atoms with Crippen molar-refractivity contribution in [3.8, 4) is 0 Å². The Morgan fingerprint density at radius 1 is 1.50 bits per heavy atom. The van der Waals surface area contributed by atoms with Crippen molar-refractivity contribution in [1.82, 2.24) is 5.32 Å². The van der Waals surface area contributed by atoms with Crippen LogP contribution in [0, 0.1) is 5.92 Å². The fourth-order valence-corrected chi connectivity index (χ4v) is 1.23. The standard InChI is InChI=1S/C8H12F3NO2/c1-4(2)6-7(13)12-3-5(14-6)8(9,10)11/h4-6H,3H2,1-2H3,(H,12,13)/t5-,6+/m1/s1. The number of alkyl halides is 3. The van der Waals surface area contributed by atoms with Crippen molar-refractivity contribution in [2.24, 2.45) is 5.92 Å². The van der Waals surface area contributed by atoms with Crippen LogP contribution in [0.25, 0.3) is 0 Å². The van der Waals surface area contributed by atoms with Crippen LogP contribution in [0.1, 0.15) is 13.8 Å². The largest absolute Gasteiger partial charge is 0.416 e. The molecule has 1 rings (SSSR count). The number of carbonyl (C=O) groups excluding carboxylic acids is 1. The minimum absolute atomic E-state index is 0.264. The fraction of sp³-hybridized carbons (Fsp3) is 0.875. The summed E-state index contributed by atoms with van der Waals surface area (Å²) in [5.74, 6) is -0.736. The van der Waals surface area contributed by atoms with Gasteiger partial charge in [0.1, 0.15) is 6.10 Å². The van der Waals surface area contributed by atoms with Crippen LogP contribution in [0.15, 0.2) is 0 Å². The SMILES string of the molecule is CC(C)[C@@H]1O[C@@H](C(F)(F)F)CNC1=O. The quantitative estimate of drug-likeness (QED) is 0.705. The first-order valence-corrected chi connectivity index (χ1v) is 4.32. The Balaban J connectivity index is 2.67. The molecule has 14 heavy (non-hydrogen) atoms. The van der Waals surface area contributed by atoms with Gasteiger partial charge in [0.15, 0.2) is 6.10 Å². The van der Waals surface area contributed by atoms with E-state index in [9.17, 15) is 18.0 Å². The predicted molar refractivity (Wildman–Crippen MR) is 42.6 cm³/mol. The highest BCUT2D eigenvalue weighted by molar-refractivity contribution is 5.81. The Hall–Kier alpha value is -0.780. The van der Waals surface area contributed by atoms with Crippen LogP contribution in [0.3, 0.4) is 0 Å². The minimum atomic E-state index is -4.42. The molecule has 1 N–H and O–H groups in total. The molecule has 0 aliphatic carbocycles. The summed E-state index contributed by atoms with van der Waals surface area (Å²) in [6, 6.07) is 0. The zero-order chi connectivity index (χ0) is 10.9. The van der Waals surface area contributed by atoms with Gasteiger partial charge in [-0.25, -0.2) is 0 Å². The van der Waals surface area contributed by atoms with Crippen molar-refractivity contribution >= 4 is 5.91 Å². The molecular weight excluding hydrogens is 199 g/mol. The molecule has 1 aliphatic rings. The monoisotopic (exact) mass is 211 g/mol. The van der Waals surface area contributed by atoms with Gasteiger partial charge in [-0.2, -0.15) is 13.2 Å². The van der Waals surface area contributed by atoms with E-state index in [1.807, 2.05) is 0 Å². The van der Waals surface area contributed by atoms with Gasteiger partial charge in [-0.1, -0.05) is 13.8 Å². The number of carbonyl (C=O) groups is 1. The first kappa shape index (κ1) is 11.3. The summed E-state index contributed by atoms with van der Waals surface area (Å²) >= 11 is 0. The van der Waals surface area contributed by atoms with E-state index in [2.05, 4.69) is 10.1 Å². The molecule has 1 heterocycles. The molecule has 0 aromatic rings. The van der Waals surface area contributed by atoms with Gasteiger partial charge in [-0.3, -0.25) is 4.79 Å². The lowest BCUT2D eigenvalue weighted by Gasteiger charge is -2.32. The molecule has 1 fully saturated rings. The van der Waals surface area contributed by atoms with Gasteiger partial charge < -0.3 is 10.1 Å². The molecule has 0 radical (unpaired) electrons. The van der Waals surface area contributed by atoms with E-state index in [4.69, 9.17) is 0 Å². The zero-order valence-electron chi connectivity index (χ0n) is 7.89. The molecule has 1 saturated heterocycles. The fourth-order valence-electron chi connectivity index (χ4n) is 1.23. The lowest BCUT2D eigenvalue weighted by molar-refractivity contribution is -0.241. The van der Waals surface area contributed by atoms with Crippen LogP contribution in [-0.4, -0.2) is 30.8 Å². The van der Waals surface area contributed by atoms with Gasteiger partial charge in [0.25, 0.3) is 0 Å². The van der Waals surface area contributed by atoms with E-state index in [1.54, 1.807) is 13.8 Å². The number of morpholine rings is 1. The van der Waals surface area contributed by atoms with E-state index in [0.29, 0.717) is 0 Å². The molecule has 0 bridgehead atoms. The van der Waals surface area contributed by atoms with Crippen LogP contribution >= 0.6 is 0 Å². The third kappa shape index (κ3) is 2.37. The predicted octanol–water partition coefficient (Wildman–Crippen LogP) is 1.09. The zero-order valence-corrected chi connectivity index (χ0v) is 7.89. The van der Waals surface area contributed by atoms with E-state index in [0.717, 1.165) is 0 Å². The molecule has 1 amide bonds. The Morgan fingerprint density at radius 3 is 2.50 bits per heavy atom. The summed E-state index contributed by atoms with van der Waals surface area (Å²) in [7, 11) is 0. The molecular formula is C8H12F3NO2. The average molecular weight is 211 g/mol. The number of hydrogen-bond donors (Lipinski definition) is 1. The second kappa shape index (κ2) is 3.76.